The molecule has 0 amide bonds. The molecule has 0 aliphatic heterocycles. The molecule has 0 aliphatic carbocycles. The summed E-state index contributed by atoms with van der Waals surface area (Å²) in [6.07, 6.45) is 3.40. The zero-order valence-electron chi connectivity index (χ0n) is 11.4. The highest BCUT2D eigenvalue weighted by Crippen LogP contribution is 2.26. The van der Waals surface area contributed by atoms with Crippen LogP contribution in [0.4, 0.5) is 5.69 Å². The molecule has 3 aromatic rings. The van der Waals surface area contributed by atoms with Gasteiger partial charge in [0.25, 0.3) is 0 Å². The van der Waals surface area contributed by atoms with Gasteiger partial charge < -0.3 is 5.32 Å². The lowest BCUT2D eigenvalue weighted by molar-refractivity contribution is 0.907. The Morgan fingerprint density at radius 1 is 1.15 bits per heavy atom. The second-order valence-corrected chi connectivity index (χ2v) is 6.05. The van der Waals surface area contributed by atoms with Crippen LogP contribution in [0.25, 0.3) is 5.69 Å². The molecule has 0 aliphatic rings. The highest BCUT2D eigenvalue weighted by molar-refractivity contribution is 7.12. The van der Waals surface area contributed by atoms with Gasteiger partial charge >= 0.3 is 0 Å². The number of thiophene rings is 1. The molecule has 20 heavy (non-hydrogen) atoms. The van der Waals surface area contributed by atoms with Gasteiger partial charge in [-0.05, 0) is 44.2 Å². The monoisotopic (exact) mass is 284 g/mol. The van der Waals surface area contributed by atoms with Crippen molar-refractivity contribution in [3.8, 4) is 5.69 Å². The van der Waals surface area contributed by atoms with Crippen LogP contribution in [0, 0.1) is 6.92 Å². The van der Waals surface area contributed by atoms with Gasteiger partial charge in [-0.1, -0.05) is 6.07 Å². The minimum absolute atomic E-state index is 0.296. The summed E-state index contributed by atoms with van der Waals surface area (Å²) in [6, 6.07) is 12.9. The Kier molecular flexibility index (Phi) is 3.52. The largest absolute Gasteiger partial charge is 0.378 e. The van der Waals surface area contributed by atoms with Crippen LogP contribution in [0.2, 0.25) is 0 Å². The first-order valence-electron chi connectivity index (χ1n) is 6.50. The zero-order valence-corrected chi connectivity index (χ0v) is 12.3. The minimum Gasteiger partial charge on any atom is -0.378 e. The van der Waals surface area contributed by atoms with Gasteiger partial charge in [0.15, 0.2) is 0 Å². The predicted molar refractivity (Wildman–Crippen MR) is 82.5 cm³/mol. The van der Waals surface area contributed by atoms with Crippen molar-refractivity contribution in [1.82, 2.24) is 14.8 Å². The van der Waals surface area contributed by atoms with Crippen LogP contribution in [0.1, 0.15) is 22.7 Å². The molecular formula is C15H16N4S. The first kappa shape index (κ1) is 12.9. The molecule has 4 nitrogen and oxygen atoms in total. The molecule has 1 atom stereocenters. The Balaban J connectivity index is 1.79. The Labute approximate surface area is 122 Å². The van der Waals surface area contributed by atoms with Crippen molar-refractivity contribution in [2.75, 3.05) is 5.32 Å². The van der Waals surface area contributed by atoms with E-state index in [-0.39, 0.29) is 0 Å². The highest BCUT2D eigenvalue weighted by Gasteiger charge is 2.08. The van der Waals surface area contributed by atoms with Gasteiger partial charge in [-0.25, -0.2) is 0 Å². The first-order chi connectivity index (χ1) is 9.72. The molecule has 2 heterocycles. The predicted octanol–water partition coefficient (Wildman–Crippen LogP) is 3.81. The van der Waals surface area contributed by atoms with Crippen LogP contribution in [-0.2, 0) is 0 Å². The molecule has 5 heteroatoms. The lowest BCUT2D eigenvalue weighted by atomic mass is 10.2. The molecule has 1 aromatic carbocycles. The third kappa shape index (κ3) is 2.72. The summed E-state index contributed by atoms with van der Waals surface area (Å²) >= 11 is 1.83. The summed E-state index contributed by atoms with van der Waals surface area (Å²) in [5.41, 5.74) is 2.14. The summed E-state index contributed by atoms with van der Waals surface area (Å²) in [5, 5.41) is 11.2. The number of anilines is 1. The Morgan fingerprint density at radius 2 is 1.95 bits per heavy atom. The SMILES string of the molecule is Cc1ccc(C(C)Nc2cccc(-n3cnnc3)c2)s1. The van der Waals surface area contributed by atoms with Crippen LogP contribution in [-0.4, -0.2) is 14.8 Å². The van der Waals surface area contributed by atoms with Gasteiger partial charge in [0.1, 0.15) is 12.7 Å². The van der Waals surface area contributed by atoms with Crippen molar-refractivity contribution in [2.24, 2.45) is 0 Å². The van der Waals surface area contributed by atoms with E-state index in [2.05, 4.69) is 53.6 Å². The molecule has 0 radical (unpaired) electrons. The summed E-state index contributed by atoms with van der Waals surface area (Å²) in [7, 11) is 0. The normalized spacial score (nSPS) is 12.3. The maximum Gasteiger partial charge on any atom is 0.123 e. The van der Waals surface area contributed by atoms with Gasteiger partial charge in [-0.15, -0.1) is 21.5 Å². The van der Waals surface area contributed by atoms with Gasteiger partial charge in [-0.3, -0.25) is 4.57 Å². The van der Waals surface area contributed by atoms with Gasteiger partial charge in [0.05, 0.1) is 11.7 Å². The molecular weight excluding hydrogens is 268 g/mol. The number of benzene rings is 1. The maximum atomic E-state index is 3.83. The number of aryl methyl sites for hydroxylation is 1. The topological polar surface area (TPSA) is 42.7 Å². The Hall–Kier alpha value is -2.14. The van der Waals surface area contributed by atoms with E-state index < -0.39 is 0 Å². The average Bonchev–Trinajstić information content (AvgIpc) is 3.10. The van der Waals surface area contributed by atoms with Crippen molar-refractivity contribution in [1.29, 1.82) is 0 Å². The molecule has 102 valence electrons. The number of hydrogen-bond donors (Lipinski definition) is 1. The molecule has 0 saturated carbocycles. The molecule has 3 rings (SSSR count). The van der Waals surface area contributed by atoms with E-state index in [1.807, 2.05) is 28.0 Å². The third-order valence-corrected chi connectivity index (χ3v) is 4.32. The fraction of sp³-hybridized carbons (Fsp3) is 0.200. The summed E-state index contributed by atoms with van der Waals surface area (Å²) < 4.78 is 1.89. The number of aromatic nitrogens is 3. The number of nitrogens with one attached hydrogen (secondary N) is 1. The molecule has 0 saturated heterocycles. The van der Waals surface area contributed by atoms with Gasteiger partial charge in [0.2, 0.25) is 0 Å². The van der Waals surface area contributed by atoms with Crippen molar-refractivity contribution < 1.29 is 0 Å². The van der Waals surface area contributed by atoms with E-state index in [1.54, 1.807) is 12.7 Å². The molecule has 2 aromatic heterocycles. The average molecular weight is 284 g/mol. The second-order valence-electron chi connectivity index (χ2n) is 4.73. The number of nitrogens with zero attached hydrogens (tertiary/aromatic N) is 3. The van der Waals surface area contributed by atoms with Crippen molar-refractivity contribution in [3.63, 3.8) is 0 Å². The van der Waals surface area contributed by atoms with E-state index in [9.17, 15) is 0 Å². The lowest BCUT2D eigenvalue weighted by Crippen LogP contribution is -2.05. The summed E-state index contributed by atoms with van der Waals surface area (Å²) in [6.45, 7) is 4.31. The Morgan fingerprint density at radius 3 is 2.65 bits per heavy atom. The molecule has 1 unspecified atom stereocenters. The van der Waals surface area contributed by atoms with E-state index in [4.69, 9.17) is 0 Å². The van der Waals surface area contributed by atoms with E-state index in [0.29, 0.717) is 6.04 Å². The molecule has 0 spiro atoms. The van der Waals surface area contributed by atoms with Gasteiger partial charge in [0, 0.05) is 15.4 Å². The van der Waals surface area contributed by atoms with Crippen LogP contribution in [0.3, 0.4) is 0 Å². The molecule has 0 bridgehead atoms. The first-order valence-corrected chi connectivity index (χ1v) is 7.32. The Bertz CT molecular complexity index is 687. The fourth-order valence-electron chi connectivity index (χ4n) is 2.10. The van der Waals surface area contributed by atoms with E-state index in [0.717, 1.165) is 11.4 Å². The molecule has 0 fully saturated rings. The van der Waals surface area contributed by atoms with Crippen LogP contribution in [0.15, 0.2) is 49.1 Å². The zero-order chi connectivity index (χ0) is 13.9. The van der Waals surface area contributed by atoms with Gasteiger partial charge in [-0.2, -0.15) is 0 Å². The lowest BCUT2D eigenvalue weighted by Gasteiger charge is -2.14. The van der Waals surface area contributed by atoms with Crippen LogP contribution in [0.5, 0.6) is 0 Å². The summed E-state index contributed by atoms with van der Waals surface area (Å²) in [5.74, 6) is 0. The highest BCUT2D eigenvalue weighted by atomic mass is 32.1. The molecule has 1 N–H and O–H groups in total. The quantitative estimate of drug-likeness (QED) is 0.792. The van der Waals surface area contributed by atoms with E-state index >= 15 is 0 Å². The number of rotatable bonds is 4. The van der Waals surface area contributed by atoms with Crippen LogP contribution >= 0.6 is 11.3 Å². The van der Waals surface area contributed by atoms with Crippen molar-refractivity contribution in [3.05, 3.63) is 58.8 Å². The smallest absolute Gasteiger partial charge is 0.123 e. The summed E-state index contributed by atoms with van der Waals surface area (Å²) in [4.78, 5) is 2.68. The van der Waals surface area contributed by atoms with E-state index in [1.165, 1.54) is 9.75 Å². The second kappa shape index (κ2) is 5.46. The fourth-order valence-corrected chi connectivity index (χ4v) is 2.98. The van der Waals surface area contributed by atoms with Crippen molar-refractivity contribution >= 4 is 17.0 Å². The minimum atomic E-state index is 0.296. The van der Waals surface area contributed by atoms with Crippen LogP contribution < -0.4 is 5.32 Å². The standard InChI is InChI=1S/C15H16N4S/c1-11-6-7-15(20-11)12(2)18-13-4-3-5-14(8-13)19-9-16-17-10-19/h3-10,12,18H,1-2H3. The van der Waals surface area contributed by atoms with Crippen molar-refractivity contribution in [2.45, 2.75) is 19.9 Å². The maximum absolute atomic E-state index is 3.83. The number of hydrogen-bond acceptors (Lipinski definition) is 4. The third-order valence-electron chi connectivity index (χ3n) is 3.13.